The predicted molar refractivity (Wildman–Crippen MR) is 102 cm³/mol. The minimum atomic E-state index is -0.414. The maximum atomic E-state index is 12.8. The van der Waals surface area contributed by atoms with Crippen LogP contribution in [0.25, 0.3) is 0 Å². The molecule has 3 heteroatoms. The van der Waals surface area contributed by atoms with E-state index in [1.54, 1.807) is 0 Å². The second kappa shape index (κ2) is 8.27. The van der Waals surface area contributed by atoms with E-state index in [0.29, 0.717) is 6.54 Å². The molecule has 1 amide bonds. The van der Waals surface area contributed by atoms with Crippen molar-refractivity contribution in [1.82, 2.24) is 5.32 Å². The van der Waals surface area contributed by atoms with E-state index in [-0.39, 0.29) is 5.91 Å². The van der Waals surface area contributed by atoms with Crippen molar-refractivity contribution in [3.8, 4) is 0 Å². The zero-order valence-corrected chi connectivity index (χ0v) is 14.3. The van der Waals surface area contributed by atoms with E-state index in [2.05, 4.69) is 10.6 Å². The molecule has 3 rings (SSSR count). The Balaban J connectivity index is 1.75. The average molecular weight is 330 g/mol. The standard InChI is InChI=1S/C22H22N2O/c1-17-12-14-20(15-13-17)24-22(25)21(19-10-6-3-7-11-19)23-16-18-8-4-2-5-9-18/h2-15,21,23H,16H2,1H3,(H,24,25). The number of carbonyl (C=O) groups is 1. The van der Waals surface area contributed by atoms with Gasteiger partial charge in [-0.2, -0.15) is 0 Å². The van der Waals surface area contributed by atoms with Crippen LogP contribution in [0.1, 0.15) is 22.7 Å². The number of hydrogen-bond donors (Lipinski definition) is 2. The zero-order chi connectivity index (χ0) is 17.5. The van der Waals surface area contributed by atoms with Crippen LogP contribution in [0.5, 0.6) is 0 Å². The van der Waals surface area contributed by atoms with E-state index in [1.165, 1.54) is 5.56 Å². The summed E-state index contributed by atoms with van der Waals surface area (Å²) in [5, 5.41) is 6.37. The minimum absolute atomic E-state index is 0.0639. The van der Waals surface area contributed by atoms with Crippen LogP contribution in [0, 0.1) is 6.92 Å². The molecule has 0 spiro atoms. The van der Waals surface area contributed by atoms with Crippen molar-refractivity contribution < 1.29 is 4.79 Å². The summed E-state index contributed by atoms with van der Waals surface area (Å²) in [4.78, 5) is 12.8. The number of rotatable bonds is 6. The zero-order valence-electron chi connectivity index (χ0n) is 14.3. The molecule has 0 saturated heterocycles. The SMILES string of the molecule is Cc1ccc(NC(=O)C(NCc2ccccc2)c2ccccc2)cc1. The highest BCUT2D eigenvalue weighted by Gasteiger charge is 2.20. The van der Waals surface area contributed by atoms with E-state index in [0.717, 1.165) is 16.8 Å². The molecule has 1 unspecified atom stereocenters. The van der Waals surface area contributed by atoms with Gasteiger partial charge in [-0.15, -0.1) is 0 Å². The van der Waals surface area contributed by atoms with Crippen LogP contribution in [-0.4, -0.2) is 5.91 Å². The van der Waals surface area contributed by atoms with Crippen molar-refractivity contribution in [2.24, 2.45) is 0 Å². The topological polar surface area (TPSA) is 41.1 Å². The highest BCUT2D eigenvalue weighted by Crippen LogP contribution is 2.17. The third-order valence-electron chi connectivity index (χ3n) is 4.07. The molecule has 3 aromatic carbocycles. The first-order valence-corrected chi connectivity index (χ1v) is 8.42. The largest absolute Gasteiger partial charge is 0.324 e. The molecule has 2 N–H and O–H groups in total. The maximum absolute atomic E-state index is 12.8. The van der Waals surface area contributed by atoms with Crippen molar-refractivity contribution in [2.75, 3.05) is 5.32 Å². The Morgan fingerprint density at radius 1 is 0.840 bits per heavy atom. The molecular formula is C22H22N2O. The molecule has 0 aliphatic rings. The van der Waals surface area contributed by atoms with Crippen molar-refractivity contribution in [3.05, 3.63) is 102 Å². The summed E-state index contributed by atoms with van der Waals surface area (Å²) in [6.07, 6.45) is 0. The second-order valence-corrected chi connectivity index (χ2v) is 6.07. The Morgan fingerprint density at radius 2 is 1.44 bits per heavy atom. The first-order valence-electron chi connectivity index (χ1n) is 8.42. The van der Waals surface area contributed by atoms with Gasteiger partial charge in [0.05, 0.1) is 0 Å². The van der Waals surface area contributed by atoms with Gasteiger partial charge in [0.15, 0.2) is 0 Å². The van der Waals surface area contributed by atoms with E-state index in [1.807, 2.05) is 91.9 Å². The molecule has 3 aromatic rings. The van der Waals surface area contributed by atoms with Gasteiger partial charge in [-0.25, -0.2) is 0 Å². The first kappa shape index (κ1) is 16.9. The van der Waals surface area contributed by atoms with E-state index in [9.17, 15) is 4.79 Å². The van der Waals surface area contributed by atoms with Gasteiger partial charge in [-0.1, -0.05) is 78.4 Å². The minimum Gasteiger partial charge on any atom is -0.324 e. The van der Waals surface area contributed by atoms with Gasteiger partial charge in [-0.3, -0.25) is 10.1 Å². The number of nitrogens with one attached hydrogen (secondary N) is 2. The van der Waals surface area contributed by atoms with Crippen molar-refractivity contribution in [1.29, 1.82) is 0 Å². The highest BCUT2D eigenvalue weighted by molar-refractivity contribution is 5.95. The normalized spacial score (nSPS) is 11.7. The third kappa shape index (κ3) is 4.78. The van der Waals surface area contributed by atoms with Crippen molar-refractivity contribution >= 4 is 11.6 Å². The molecule has 0 heterocycles. The molecule has 0 radical (unpaired) electrons. The lowest BCUT2D eigenvalue weighted by molar-refractivity contribution is -0.118. The lowest BCUT2D eigenvalue weighted by Gasteiger charge is -2.19. The molecule has 1 atom stereocenters. The fourth-order valence-corrected chi connectivity index (χ4v) is 2.67. The Hall–Kier alpha value is -2.91. The van der Waals surface area contributed by atoms with E-state index >= 15 is 0 Å². The molecule has 126 valence electrons. The van der Waals surface area contributed by atoms with Crippen LogP contribution in [0.4, 0.5) is 5.69 Å². The molecular weight excluding hydrogens is 308 g/mol. The monoisotopic (exact) mass is 330 g/mol. The Bertz CT molecular complexity index is 798. The van der Waals surface area contributed by atoms with Crippen molar-refractivity contribution in [2.45, 2.75) is 19.5 Å². The Kier molecular flexibility index (Phi) is 5.60. The number of amides is 1. The van der Waals surface area contributed by atoms with Crippen LogP contribution in [0.3, 0.4) is 0 Å². The van der Waals surface area contributed by atoms with Crippen molar-refractivity contribution in [3.63, 3.8) is 0 Å². The van der Waals surface area contributed by atoms with Crippen LogP contribution in [0.2, 0.25) is 0 Å². The van der Waals surface area contributed by atoms with E-state index in [4.69, 9.17) is 0 Å². The maximum Gasteiger partial charge on any atom is 0.246 e. The van der Waals surface area contributed by atoms with Crippen LogP contribution < -0.4 is 10.6 Å². The molecule has 0 aliphatic heterocycles. The predicted octanol–water partition coefficient (Wildman–Crippen LogP) is 4.46. The molecule has 0 bridgehead atoms. The lowest BCUT2D eigenvalue weighted by Crippen LogP contribution is -2.32. The molecule has 0 aliphatic carbocycles. The molecule has 0 fully saturated rings. The quantitative estimate of drug-likeness (QED) is 0.700. The number of anilines is 1. The fourth-order valence-electron chi connectivity index (χ4n) is 2.67. The van der Waals surface area contributed by atoms with E-state index < -0.39 is 6.04 Å². The second-order valence-electron chi connectivity index (χ2n) is 6.07. The van der Waals surface area contributed by atoms with Gasteiger partial charge < -0.3 is 5.32 Å². The van der Waals surface area contributed by atoms with Gasteiger partial charge >= 0.3 is 0 Å². The van der Waals surface area contributed by atoms with Crippen LogP contribution >= 0.6 is 0 Å². The number of hydrogen-bond acceptors (Lipinski definition) is 2. The van der Waals surface area contributed by atoms with Gasteiger partial charge in [0, 0.05) is 12.2 Å². The smallest absolute Gasteiger partial charge is 0.246 e. The third-order valence-corrected chi connectivity index (χ3v) is 4.07. The van der Waals surface area contributed by atoms with Gasteiger partial charge in [0.2, 0.25) is 5.91 Å². The van der Waals surface area contributed by atoms with Crippen LogP contribution in [0.15, 0.2) is 84.9 Å². The Morgan fingerprint density at radius 3 is 2.08 bits per heavy atom. The summed E-state index contributed by atoms with van der Waals surface area (Å²) < 4.78 is 0. The molecule has 25 heavy (non-hydrogen) atoms. The van der Waals surface area contributed by atoms with Crippen LogP contribution in [-0.2, 0) is 11.3 Å². The van der Waals surface area contributed by atoms with Gasteiger partial charge in [-0.05, 0) is 30.2 Å². The summed E-state index contributed by atoms with van der Waals surface area (Å²) in [7, 11) is 0. The summed E-state index contributed by atoms with van der Waals surface area (Å²) in [6, 6.07) is 27.3. The number of benzene rings is 3. The summed E-state index contributed by atoms with van der Waals surface area (Å²) >= 11 is 0. The summed E-state index contributed by atoms with van der Waals surface area (Å²) in [5.74, 6) is -0.0639. The molecule has 0 aromatic heterocycles. The molecule has 3 nitrogen and oxygen atoms in total. The lowest BCUT2D eigenvalue weighted by atomic mass is 10.1. The summed E-state index contributed by atoms with van der Waals surface area (Å²) in [5.41, 5.74) is 4.06. The molecule has 0 saturated carbocycles. The number of carbonyl (C=O) groups excluding carboxylic acids is 1. The first-order chi connectivity index (χ1) is 12.2. The summed E-state index contributed by atoms with van der Waals surface area (Å²) in [6.45, 7) is 2.65. The van der Waals surface area contributed by atoms with Gasteiger partial charge in [0.1, 0.15) is 6.04 Å². The van der Waals surface area contributed by atoms with Gasteiger partial charge in [0.25, 0.3) is 0 Å². The average Bonchev–Trinajstić information content (AvgIpc) is 2.65. The Labute approximate surface area is 148 Å². The number of aryl methyl sites for hydroxylation is 1. The fraction of sp³-hybridized carbons (Fsp3) is 0.136. The highest BCUT2D eigenvalue weighted by atomic mass is 16.2.